The molecule has 0 saturated heterocycles. The summed E-state index contributed by atoms with van der Waals surface area (Å²) in [5.41, 5.74) is -3.03. The third-order valence-corrected chi connectivity index (χ3v) is 3.07. The summed E-state index contributed by atoms with van der Waals surface area (Å²) in [7, 11) is 0. The Hall–Kier alpha value is -1.69. The fraction of sp³-hybridized carbons (Fsp3) is 0.429. The van der Waals surface area contributed by atoms with Crippen molar-refractivity contribution in [3.63, 3.8) is 0 Å². The predicted molar refractivity (Wildman–Crippen MR) is 72.4 cm³/mol. The topological polar surface area (TPSA) is 52.6 Å². The zero-order valence-corrected chi connectivity index (χ0v) is 12.3. The number of alkyl halides is 2. The second-order valence-electron chi connectivity index (χ2n) is 4.06. The minimum atomic E-state index is -3.32. The fourth-order valence-electron chi connectivity index (χ4n) is 1.83. The van der Waals surface area contributed by atoms with Crippen LogP contribution in [-0.2, 0) is 24.5 Å². The number of ether oxygens (including phenoxy) is 2. The lowest BCUT2D eigenvalue weighted by Gasteiger charge is -2.28. The van der Waals surface area contributed by atoms with E-state index in [-0.39, 0.29) is 23.8 Å². The molecule has 0 saturated carbocycles. The van der Waals surface area contributed by atoms with Gasteiger partial charge in [-0.3, -0.25) is 9.59 Å². The molecule has 0 N–H and O–H groups in total. The summed E-state index contributed by atoms with van der Waals surface area (Å²) in [5.74, 6) is -2.69. The molecule has 21 heavy (non-hydrogen) atoms. The number of carbonyl (C=O) groups excluding carboxylic acids is 2. The van der Waals surface area contributed by atoms with Crippen LogP contribution in [0.5, 0.6) is 0 Å². The summed E-state index contributed by atoms with van der Waals surface area (Å²) >= 11 is 5.70. The molecule has 0 fully saturated rings. The highest BCUT2D eigenvalue weighted by Crippen LogP contribution is 2.35. The van der Waals surface area contributed by atoms with E-state index >= 15 is 0 Å². The van der Waals surface area contributed by atoms with Crippen LogP contribution in [0.1, 0.15) is 19.4 Å². The third kappa shape index (κ3) is 3.32. The number of esters is 2. The molecule has 4 nitrogen and oxygen atoms in total. The van der Waals surface area contributed by atoms with Crippen LogP contribution in [0, 0.1) is 0 Å². The van der Waals surface area contributed by atoms with Crippen LogP contribution >= 0.6 is 11.6 Å². The van der Waals surface area contributed by atoms with Crippen molar-refractivity contribution >= 4 is 23.5 Å². The van der Waals surface area contributed by atoms with Gasteiger partial charge in [-0.15, -0.1) is 0 Å². The molecule has 1 rings (SSSR count). The van der Waals surface area contributed by atoms with Gasteiger partial charge >= 0.3 is 11.9 Å². The minimum Gasteiger partial charge on any atom is -0.465 e. The first-order valence-corrected chi connectivity index (χ1v) is 6.67. The Balaban J connectivity index is 3.46. The van der Waals surface area contributed by atoms with Crippen LogP contribution in [0.3, 0.4) is 0 Å². The van der Waals surface area contributed by atoms with Gasteiger partial charge < -0.3 is 9.47 Å². The van der Waals surface area contributed by atoms with Crippen LogP contribution in [0.2, 0.25) is 5.02 Å². The zero-order valence-electron chi connectivity index (χ0n) is 11.6. The lowest BCUT2D eigenvalue weighted by molar-refractivity contribution is -0.173. The molecular weight excluding hydrogens is 306 g/mol. The van der Waals surface area contributed by atoms with E-state index in [0.717, 1.165) is 0 Å². The van der Waals surface area contributed by atoms with Gasteiger partial charge in [0.25, 0.3) is 6.43 Å². The first kappa shape index (κ1) is 17.4. The molecule has 0 atom stereocenters. The molecule has 0 amide bonds. The highest BCUT2D eigenvalue weighted by Gasteiger charge is 2.58. The molecule has 7 heteroatoms. The van der Waals surface area contributed by atoms with E-state index in [2.05, 4.69) is 9.47 Å². The smallest absolute Gasteiger partial charge is 0.334 e. The maximum Gasteiger partial charge on any atom is 0.334 e. The van der Waals surface area contributed by atoms with Gasteiger partial charge in [-0.1, -0.05) is 23.7 Å². The Morgan fingerprint density at radius 1 is 1.10 bits per heavy atom. The second-order valence-corrected chi connectivity index (χ2v) is 4.49. The summed E-state index contributed by atoms with van der Waals surface area (Å²) in [6, 6.07) is 4.99. The van der Waals surface area contributed by atoms with Crippen molar-refractivity contribution in [3.05, 3.63) is 34.9 Å². The van der Waals surface area contributed by atoms with Crippen molar-refractivity contribution in [1.82, 2.24) is 0 Å². The van der Waals surface area contributed by atoms with Crippen LogP contribution in [0.4, 0.5) is 8.78 Å². The number of hydrogen-bond acceptors (Lipinski definition) is 4. The van der Waals surface area contributed by atoms with E-state index in [4.69, 9.17) is 11.6 Å². The van der Waals surface area contributed by atoms with E-state index < -0.39 is 23.8 Å². The Bertz CT molecular complexity index is 484. The third-order valence-electron chi connectivity index (χ3n) is 2.82. The molecule has 0 bridgehead atoms. The molecule has 1 aromatic rings. The van der Waals surface area contributed by atoms with Crippen molar-refractivity contribution in [2.45, 2.75) is 25.7 Å². The van der Waals surface area contributed by atoms with Crippen LogP contribution in [0.15, 0.2) is 24.3 Å². The van der Waals surface area contributed by atoms with E-state index in [1.807, 2.05) is 0 Å². The molecule has 0 aliphatic carbocycles. The van der Waals surface area contributed by atoms with E-state index in [1.165, 1.54) is 38.1 Å². The van der Waals surface area contributed by atoms with Gasteiger partial charge in [0.05, 0.1) is 13.2 Å². The average molecular weight is 321 g/mol. The zero-order chi connectivity index (χ0) is 16.0. The molecule has 0 aliphatic rings. The molecule has 0 aromatic heterocycles. The van der Waals surface area contributed by atoms with Gasteiger partial charge in [-0.25, -0.2) is 8.78 Å². The Kier molecular flexibility index (Phi) is 6.08. The summed E-state index contributed by atoms with van der Waals surface area (Å²) in [6.07, 6.45) is -3.32. The van der Waals surface area contributed by atoms with Crippen LogP contribution < -0.4 is 0 Å². The first-order valence-electron chi connectivity index (χ1n) is 6.29. The van der Waals surface area contributed by atoms with Crippen LogP contribution in [-0.4, -0.2) is 31.6 Å². The monoisotopic (exact) mass is 320 g/mol. The van der Waals surface area contributed by atoms with Crippen molar-refractivity contribution in [2.24, 2.45) is 0 Å². The summed E-state index contributed by atoms with van der Waals surface area (Å²) in [6.45, 7) is 2.64. The number of benzene rings is 1. The van der Waals surface area contributed by atoms with Crippen LogP contribution in [0.25, 0.3) is 0 Å². The minimum absolute atomic E-state index is 0.139. The van der Waals surface area contributed by atoms with Gasteiger partial charge in [0.15, 0.2) is 0 Å². The molecule has 0 heterocycles. The lowest BCUT2D eigenvalue weighted by Crippen LogP contribution is -2.51. The fourth-order valence-corrected chi connectivity index (χ4v) is 1.95. The Morgan fingerprint density at radius 2 is 1.52 bits per heavy atom. The largest absolute Gasteiger partial charge is 0.465 e. The SMILES string of the molecule is CCOC(=O)C(C(=O)OCC)(c1ccc(Cl)cc1)C(F)F. The molecule has 0 radical (unpaired) electrons. The molecule has 0 unspecified atom stereocenters. The maximum atomic E-state index is 13.7. The normalized spacial score (nSPS) is 11.3. The van der Waals surface area contributed by atoms with Gasteiger partial charge in [-0.05, 0) is 31.5 Å². The number of carbonyl (C=O) groups is 2. The lowest BCUT2D eigenvalue weighted by atomic mass is 9.80. The summed E-state index contributed by atoms with van der Waals surface area (Å²) < 4.78 is 36.6. The van der Waals surface area contributed by atoms with Crippen molar-refractivity contribution in [3.8, 4) is 0 Å². The van der Waals surface area contributed by atoms with Crippen molar-refractivity contribution in [1.29, 1.82) is 0 Å². The predicted octanol–water partition coefficient (Wildman–Crippen LogP) is 2.97. The van der Waals surface area contributed by atoms with Gasteiger partial charge in [0.2, 0.25) is 5.41 Å². The highest BCUT2D eigenvalue weighted by atomic mass is 35.5. The molecule has 1 aromatic carbocycles. The molecule has 0 aliphatic heterocycles. The quantitative estimate of drug-likeness (QED) is 0.597. The maximum absolute atomic E-state index is 13.7. The Morgan fingerprint density at radius 3 is 1.86 bits per heavy atom. The summed E-state index contributed by atoms with van der Waals surface area (Å²) in [4.78, 5) is 24.1. The Labute approximate surface area is 126 Å². The molecule has 116 valence electrons. The van der Waals surface area contributed by atoms with Gasteiger partial charge in [0, 0.05) is 5.02 Å². The van der Waals surface area contributed by atoms with Crippen molar-refractivity contribution in [2.75, 3.05) is 13.2 Å². The van der Waals surface area contributed by atoms with E-state index in [1.54, 1.807) is 0 Å². The van der Waals surface area contributed by atoms with Crippen molar-refractivity contribution < 1.29 is 27.8 Å². The number of hydrogen-bond donors (Lipinski definition) is 0. The van der Waals surface area contributed by atoms with E-state index in [0.29, 0.717) is 0 Å². The van der Waals surface area contributed by atoms with Gasteiger partial charge in [-0.2, -0.15) is 0 Å². The first-order chi connectivity index (χ1) is 9.91. The molecular formula is C14H15ClF2O4. The highest BCUT2D eigenvalue weighted by molar-refractivity contribution is 6.30. The standard InChI is InChI=1S/C14H15ClF2O4/c1-3-20-12(18)14(11(16)17,13(19)21-4-2)9-5-7-10(15)8-6-9/h5-8,11H,3-4H2,1-2H3. The van der Waals surface area contributed by atoms with E-state index in [9.17, 15) is 18.4 Å². The number of halogens is 3. The summed E-state index contributed by atoms with van der Waals surface area (Å²) in [5, 5.41) is 0.287. The average Bonchev–Trinajstić information content (AvgIpc) is 2.42. The number of rotatable bonds is 6. The second kappa shape index (κ2) is 7.36. The molecule has 0 spiro atoms. The van der Waals surface area contributed by atoms with Gasteiger partial charge in [0.1, 0.15) is 0 Å².